The highest BCUT2D eigenvalue weighted by Crippen LogP contribution is 2.15. The molecule has 1 rings (SSSR count). The maximum atomic E-state index is 11.6. The predicted octanol–water partition coefficient (Wildman–Crippen LogP) is 1.77. The first-order valence-electron chi connectivity index (χ1n) is 5.31. The zero-order valence-electron chi connectivity index (χ0n) is 9.24. The SMILES string of the molecule is CCC(CO)NC(=O)Cc1ccccc1Cl. The number of nitrogens with one attached hydrogen (secondary N) is 1. The molecule has 0 fully saturated rings. The van der Waals surface area contributed by atoms with Crippen LogP contribution < -0.4 is 5.32 Å². The van der Waals surface area contributed by atoms with Gasteiger partial charge in [-0.3, -0.25) is 4.79 Å². The molecular formula is C12H16ClNO2. The monoisotopic (exact) mass is 241 g/mol. The van der Waals surface area contributed by atoms with E-state index in [1.165, 1.54) is 0 Å². The van der Waals surface area contributed by atoms with E-state index in [1.54, 1.807) is 6.07 Å². The first-order valence-corrected chi connectivity index (χ1v) is 5.68. The van der Waals surface area contributed by atoms with Crippen LogP contribution in [0.15, 0.2) is 24.3 Å². The lowest BCUT2D eigenvalue weighted by Gasteiger charge is -2.14. The lowest BCUT2D eigenvalue weighted by atomic mass is 10.1. The normalized spacial score (nSPS) is 12.2. The van der Waals surface area contributed by atoms with Gasteiger partial charge in [0.05, 0.1) is 19.1 Å². The van der Waals surface area contributed by atoms with Crippen LogP contribution in [0.4, 0.5) is 0 Å². The average Bonchev–Trinajstić information content (AvgIpc) is 2.29. The molecule has 0 saturated heterocycles. The molecule has 0 saturated carbocycles. The van der Waals surface area contributed by atoms with Crippen LogP contribution in [0.1, 0.15) is 18.9 Å². The molecule has 0 aromatic heterocycles. The number of benzene rings is 1. The minimum Gasteiger partial charge on any atom is -0.394 e. The Bertz CT molecular complexity index is 351. The van der Waals surface area contributed by atoms with Gasteiger partial charge in [0.15, 0.2) is 0 Å². The molecule has 1 aromatic carbocycles. The second kappa shape index (κ2) is 6.51. The zero-order valence-corrected chi connectivity index (χ0v) is 10.00. The largest absolute Gasteiger partial charge is 0.394 e. The molecule has 1 atom stereocenters. The van der Waals surface area contributed by atoms with Gasteiger partial charge >= 0.3 is 0 Å². The molecule has 0 aliphatic heterocycles. The van der Waals surface area contributed by atoms with Gasteiger partial charge in [-0.2, -0.15) is 0 Å². The van der Waals surface area contributed by atoms with Crippen LogP contribution in [-0.4, -0.2) is 23.7 Å². The smallest absolute Gasteiger partial charge is 0.224 e. The number of hydrogen-bond donors (Lipinski definition) is 2. The molecular weight excluding hydrogens is 226 g/mol. The zero-order chi connectivity index (χ0) is 12.0. The van der Waals surface area contributed by atoms with Gasteiger partial charge in [-0.1, -0.05) is 36.7 Å². The number of aliphatic hydroxyl groups is 1. The van der Waals surface area contributed by atoms with Gasteiger partial charge in [-0.15, -0.1) is 0 Å². The lowest BCUT2D eigenvalue weighted by molar-refractivity contribution is -0.121. The van der Waals surface area contributed by atoms with E-state index in [1.807, 2.05) is 25.1 Å². The first-order chi connectivity index (χ1) is 7.67. The summed E-state index contributed by atoms with van der Waals surface area (Å²) in [5.74, 6) is -0.117. The van der Waals surface area contributed by atoms with E-state index in [0.29, 0.717) is 11.4 Å². The van der Waals surface area contributed by atoms with Crippen molar-refractivity contribution < 1.29 is 9.90 Å². The third-order valence-corrected chi connectivity index (χ3v) is 2.76. The third-order valence-electron chi connectivity index (χ3n) is 2.39. The van der Waals surface area contributed by atoms with Gasteiger partial charge in [0.2, 0.25) is 5.91 Å². The van der Waals surface area contributed by atoms with Crippen molar-refractivity contribution in [2.75, 3.05) is 6.61 Å². The van der Waals surface area contributed by atoms with Crippen molar-refractivity contribution in [3.8, 4) is 0 Å². The van der Waals surface area contributed by atoms with Crippen molar-refractivity contribution in [1.82, 2.24) is 5.32 Å². The van der Waals surface area contributed by atoms with Crippen LogP contribution in [0.25, 0.3) is 0 Å². The van der Waals surface area contributed by atoms with Crippen LogP contribution in [0.5, 0.6) is 0 Å². The van der Waals surface area contributed by atoms with Crippen LogP contribution >= 0.6 is 11.6 Å². The molecule has 0 radical (unpaired) electrons. The average molecular weight is 242 g/mol. The molecule has 0 aliphatic carbocycles. The lowest BCUT2D eigenvalue weighted by Crippen LogP contribution is -2.37. The van der Waals surface area contributed by atoms with E-state index < -0.39 is 0 Å². The summed E-state index contributed by atoms with van der Waals surface area (Å²) in [6, 6.07) is 7.08. The Morgan fingerprint density at radius 3 is 2.75 bits per heavy atom. The summed E-state index contributed by atoms with van der Waals surface area (Å²) in [4.78, 5) is 11.6. The van der Waals surface area contributed by atoms with E-state index in [0.717, 1.165) is 5.56 Å². The van der Waals surface area contributed by atoms with Gasteiger partial charge in [-0.05, 0) is 18.1 Å². The molecule has 88 valence electrons. The third kappa shape index (κ3) is 3.83. The summed E-state index contributed by atoms with van der Waals surface area (Å²) in [6.45, 7) is 1.88. The summed E-state index contributed by atoms with van der Waals surface area (Å²) >= 11 is 5.94. The number of amides is 1. The van der Waals surface area contributed by atoms with Crippen LogP contribution in [-0.2, 0) is 11.2 Å². The molecule has 1 unspecified atom stereocenters. The van der Waals surface area contributed by atoms with E-state index in [9.17, 15) is 4.79 Å². The minimum absolute atomic E-state index is 0.0369. The van der Waals surface area contributed by atoms with Crippen LogP contribution in [0.3, 0.4) is 0 Å². The Morgan fingerprint density at radius 1 is 1.50 bits per heavy atom. The van der Waals surface area contributed by atoms with Crippen molar-refractivity contribution in [1.29, 1.82) is 0 Å². The van der Waals surface area contributed by atoms with E-state index >= 15 is 0 Å². The first kappa shape index (κ1) is 13.0. The van der Waals surface area contributed by atoms with E-state index in [-0.39, 0.29) is 25.0 Å². The summed E-state index contributed by atoms with van der Waals surface area (Å²) in [5, 5.41) is 12.3. The van der Waals surface area contributed by atoms with Gasteiger partial charge < -0.3 is 10.4 Å². The Morgan fingerprint density at radius 2 is 2.19 bits per heavy atom. The summed E-state index contributed by atoms with van der Waals surface area (Å²) < 4.78 is 0. The molecule has 1 aromatic rings. The minimum atomic E-state index is -0.171. The van der Waals surface area contributed by atoms with Crippen molar-refractivity contribution in [2.45, 2.75) is 25.8 Å². The van der Waals surface area contributed by atoms with Crippen molar-refractivity contribution in [2.24, 2.45) is 0 Å². The quantitative estimate of drug-likeness (QED) is 0.826. The molecule has 2 N–H and O–H groups in total. The van der Waals surface area contributed by atoms with Crippen molar-refractivity contribution >= 4 is 17.5 Å². The summed E-state index contributed by atoms with van der Waals surface area (Å²) in [7, 11) is 0. The highest BCUT2D eigenvalue weighted by Gasteiger charge is 2.10. The van der Waals surface area contributed by atoms with Crippen LogP contribution in [0, 0.1) is 0 Å². The molecule has 4 heteroatoms. The number of carbonyl (C=O) groups excluding carboxylic acids is 1. The van der Waals surface area contributed by atoms with Crippen LogP contribution in [0.2, 0.25) is 5.02 Å². The number of rotatable bonds is 5. The van der Waals surface area contributed by atoms with Crippen molar-refractivity contribution in [3.63, 3.8) is 0 Å². The fourth-order valence-electron chi connectivity index (χ4n) is 1.37. The van der Waals surface area contributed by atoms with Gasteiger partial charge in [0.1, 0.15) is 0 Å². The second-order valence-electron chi connectivity index (χ2n) is 3.62. The fraction of sp³-hybridized carbons (Fsp3) is 0.417. The molecule has 16 heavy (non-hydrogen) atoms. The molecule has 3 nitrogen and oxygen atoms in total. The van der Waals surface area contributed by atoms with E-state index in [4.69, 9.17) is 16.7 Å². The number of aliphatic hydroxyl groups excluding tert-OH is 1. The molecule has 0 spiro atoms. The van der Waals surface area contributed by atoms with Gasteiger partial charge in [0.25, 0.3) is 0 Å². The summed E-state index contributed by atoms with van der Waals surface area (Å²) in [5.41, 5.74) is 0.800. The van der Waals surface area contributed by atoms with Gasteiger partial charge in [-0.25, -0.2) is 0 Å². The number of halogens is 1. The highest BCUT2D eigenvalue weighted by atomic mass is 35.5. The molecule has 0 heterocycles. The molecule has 0 aliphatic rings. The fourth-order valence-corrected chi connectivity index (χ4v) is 1.57. The standard InChI is InChI=1S/C12H16ClNO2/c1-2-10(8-15)14-12(16)7-9-5-3-4-6-11(9)13/h3-6,10,15H,2,7-8H2,1H3,(H,14,16). The van der Waals surface area contributed by atoms with Crippen molar-refractivity contribution in [3.05, 3.63) is 34.9 Å². The maximum Gasteiger partial charge on any atom is 0.224 e. The van der Waals surface area contributed by atoms with E-state index in [2.05, 4.69) is 5.32 Å². The highest BCUT2D eigenvalue weighted by molar-refractivity contribution is 6.31. The molecule has 0 bridgehead atoms. The Hall–Kier alpha value is -1.06. The summed E-state index contributed by atoms with van der Waals surface area (Å²) in [6.07, 6.45) is 0.959. The maximum absolute atomic E-state index is 11.6. The predicted molar refractivity (Wildman–Crippen MR) is 64.5 cm³/mol. The number of hydrogen-bond acceptors (Lipinski definition) is 2. The second-order valence-corrected chi connectivity index (χ2v) is 4.03. The number of carbonyl (C=O) groups is 1. The Balaban J connectivity index is 2.55. The Kier molecular flexibility index (Phi) is 5.29. The topological polar surface area (TPSA) is 49.3 Å². The van der Waals surface area contributed by atoms with Gasteiger partial charge in [0, 0.05) is 5.02 Å². The molecule has 1 amide bonds. The Labute approximate surface area is 100 Å².